The molecule has 0 aliphatic rings. The molecule has 0 aliphatic heterocycles. The molecule has 25 heavy (non-hydrogen) atoms. The number of hydrogen-bond acceptors (Lipinski definition) is 3. The molecule has 0 spiro atoms. The highest BCUT2D eigenvalue weighted by Gasteiger charge is 2.12. The van der Waals surface area contributed by atoms with E-state index in [4.69, 9.17) is 16.3 Å². The zero-order valence-electron chi connectivity index (χ0n) is 14.9. The van der Waals surface area contributed by atoms with Crippen LogP contribution in [-0.2, 0) is 0 Å². The van der Waals surface area contributed by atoms with Crippen molar-refractivity contribution < 1.29 is 9.84 Å². The van der Waals surface area contributed by atoms with Crippen LogP contribution in [0.15, 0.2) is 48.5 Å². The van der Waals surface area contributed by atoms with Crippen molar-refractivity contribution in [3.8, 4) is 5.75 Å². The number of aliphatic hydroxyl groups is 1. The van der Waals surface area contributed by atoms with Crippen molar-refractivity contribution in [3.05, 3.63) is 64.7 Å². The summed E-state index contributed by atoms with van der Waals surface area (Å²) in [5.41, 5.74) is 2.26. The highest BCUT2D eigenvalue weighted by Crippen LogP contribution is 2.25. The van der Waals surface area contributed by atoms with E-state index in [0.29, 0.717) is 12.5 Å². The van der Waals surface area contributed by atoms with E-state index < -0.39 is 6.10 Å². The van der Waals surface area contributed by atoms with Crippen molar-refractivity contribution in [2.75, 3.05) is 13.2 Å². The summed E-state index contributed by atoms with van der Waals surface area (Å²) in [7, 11) is 0. The Kier molecular flexibility index (Phi) is 9.30. The van der Waals surface area contributed by atoms with Crippen LogP contribution < -0.4 is 10.1 Å². The predicted molar refractivity (Wildman–Crippen MR) is 107 cm³/mol. The molecule has 3 nitrogen and oxygen atoms in total. The van der Waals surface area contributed by atoms with E-state index in [9.17, 15) is 5.11 Å². The molecular formula is C20H27Cl2NO2. The minimum absolute atomic E-state index is 0. The largest absolute Gasteiger partial charge is 0.491 e. The second-order valence-electron chi connectivity index (χ2n) is 6.34. The van der Waals surface area contributed by atoms with Crippen molar-refractivity contribution in [1.29, 1.82) is 0 Å². The molecule has 5 heteroatoms. The van der Waals surface area contributed by atoms with E-state index in [0.717, 1.165) is 21.9 Å². The van der Waals surface area contributed by atoms with Crippen LogP contribution >= 0.6 is 24.0 Å². The molecule has 0 fully saturated rings. The van der Waals surface area contributed by atoms with Gasteiger partial charge in [0.25, 0.3) is 0 Å². The third kappa shape index (κ3) is 6.87. The quantitative estimate of drug-likeness (QED) is 0.675. The fraction of sp³-hybridized carbons (Fsp3) is 0.400. The number of ether oxygens (including phenoxy) is 1. The minimum atomic E-state index is -0.577. The van der Waals surface area contributed by atoms with Gasteiger partial charge in [-0.2, -0.15) is 0 Å². The van der Waals surface area contributed by atoms with Crippen LogP contribution in [0.25, 0.3) is 0 Å². The second-order valence-corrected chi connectivity index (χ2v) is 6.78. The van der Waals surface area contributed by atoms with Crippen molar-refractivity contribution in [2.24, 2.45) is 0 Å². The molecule has 2 rings (SSSR count). The van der Waals surface area contributed by atoms with Crippen LogP contribution in [0.4, 0.5) is 0 Å². The lowest BCUT2D eigenvalue weighted by atomic mass is 10.0. The van der Waals surface area contributed by atoms with Crippen LogP contribution in [0, 0.1) is 0 Å². The first kappa shape index (κ1) is 21.8. The predicted octanol–water partition coefficient (Wildman–Crippen LogP) is 4.98. The summed E-state index contributed by atoms with van der Waals surface area (Å²) in [5.74, 6) is 1.23. The lowest BCUT2D eigenvalue weighted by molar-refractivity contribution is 0.103. The second kappa shape index (κ2) is 10.7. The Morgan fingerprint density at radius 3 is 2.48 bits per heavy atom. The standard InChI is InChI=1S/C20H26ClNO2.ClH/c1-14(2)19-9-4-5-10-20(19)24-13-18(23)12-22-15(3)16-7-6-8-17(21)11-16;/h4-11,14-15,18,22-23H,12-13H2,1-3H3;1H. The van der Waals surface area contributed by atoms with Crippen molar-refractivity contribution in [2.45, 2.75) is 38.8 Å². The van der Waals surface area contributed by atoms with Crippen molar-refractivity contribution >= 4 is 24.0 Å². The van der Waals surface area contributed by atoms with Gasteiger partial charge in [0.15, 0.2) is 0 Å². The van der Waals surface area contributed by atoms with E-state index in [2.05, 4.69) is 25.2 Å². The molecule has 2 atom stereocenters. The molecule has 2 unspecified atom stereocenters. The summed E-state index contributed by atoms with van der Waals surface area (Å²) >= 11 is 6.01. The van der Waals surface area contributed by atoms with E-state index in [-0.39, 0.29) is 25.1 Å². The molecule has 0 radical (unpaired) electrons. The zero-order chi connectivity index (χ0) is 17.5. The number of para-hydroxylation sites is 1. The van der Waals surface area contributed by atoms with E-state index >= 15 is 0 Å². The molecule has 2 aromatic rings. The summed E-state index contributed by atoms with van der Waals surface area (Å²) in [4.78, 5) is 0. The fourth-order valence-electron chi connectivity index (χ4n) is 2.54. The molecule has 0 saturated carbocycles. The Bertz CT molecular complexity index is 649. The maximum Gasteiger partial charge on any atom is 0.122 e. The van der Waals surface area contributed by atoms with E-state index in [1.54, 1.807) is 0 Å². The number of halogens is 2. The number of aliphatic hydroxyl groups excluding tert-OH is 1. The molecule has 0 aromatic heterocycles. The lowest BCUT2D eigenvalue weighted by Gasteiger charge is -2.19. The van der Waals surface area contributed by atoms with Crippen LogP contribution in [0.2, 0.25) is 5.02 Å². The Balaban J connectivity index is 0.00000312. The number of hydrogen-bond donors (Lipinski definition) is 2. The third-order valence-electron chi connectivity index (χ3n) is 3.98. The zero-order valence-corrected chi connectivity index (χ0v) is 16.5. The minimum Gasteiger partial charge on any atom is -0.491 e. The van der Waals surface area contributed by atoms with Crippen molar-refractivity contribution in [1.82, 2.24) is 5.32 Å². The summed E-state index contributed by atoms with van der Waals surface area (Å²) in [6, 6.07) is 15.8. The summed E-state index contributed by atoms with van der Waals surface area (Å²) in [6.07, 6.45) is -0.577. The molecule has 138 valence electrons. The molecule has 2 N–H and O–H groups in total. The average molecular weight is 384 g/mol. The normalized spacial score (nSPS) is 13.2. The summed E-state index contributed by atoms with van der Waals surface area (Å²) in [5, 5.41) is 14.2. The Morgan fingerprint density at radius 2 is 1.80 bits per heavy atom. The topological polar surface area (TPSA) is 41.5 Å². The fourth-order valence-corrected chi connectivity index (χ4v) is 2.74. The first-order chi connectivity index (χ1) is 11.5. The van der Waals surface area contributed by atoms with Gasteiger partial charge in [0, 0.05) is 17.6 Å². The molecular weight excluding hydrogens is 357 g/mol. The Labute approximate surface area is 161 Å². The van der Waals surface area contributed by atoms with Gasteiger partial charge < -0.3 is 15.2 Å². The highest BCUT2D eigenvalue weighted by atomic mass is 35.5. The molecule has 0 heterocycles. The van der Waals surface area contributed by atoms with Gasteiger partial charge in [0.05, 0.1) is 0 Å². The van der Waals surface area contributed by atoms with Crippen LogP contribution in [-0.4, -0.2) is 24.4 Å². The summed E-state index contributed by atoms with van der Waals surface area (Å²) in [6.45, 7) is 7.03. The van der Waals surface area contributed by atoms with Crippen LogP contribution in [0.5, 0.6) is 5.75 Å². The Morgan fingerprint density at radius 1 is 1.08 bits per heavy atom. The molecule has 0 aliphatic carbocycles. The van der Waals surface area contributed by atoms with Crippen molar-refractivity contribution in [3.63, 3.8) is 0 Å². The van der Waals surface area contributed by atoms with Gasteiger partial charge in [-0.15, -0.1) is 12.4 Å². The van der Waals surface area contributed by atoms with Gasteiger partial charge in [0.1, 0.15) is 18.5 Å². The molecule has 0 saturated heterocycles. The molecule has 0 bridgehead atoms. The maximum atomic E-state index is 10.2. The van der Waals surface area contributed by atoms with E-state index in [1.165, 1.54) is 0 Å². The number of nitrogens with one attached hydrogen (secondary N) is 1. The Hall–Kier alpha value is -1.26. The van der Waals surface area contributed by atoms with Crippen LogP contribution in [0.3, 0.4) is 0 Å². The van der Waals surface area contributed by atoms with Gasteiger partial charge in [-0.25, -0.2) is 0 Å². The highest BCUT2D eigenvalue weighted by molar-refractivity contribution is 6.30. The molecule has 0 amide bonds. The van der Waals surface area contributed by atoms with Crippen LogP contribution in [0.1, 0.15) is 43.9 Å². The molecule has 2 aromatic carbocycles. The SMILES string of the molecule is CC(C)c1ccccc1OCC(O)CNC(C)c1cccc(Cl)c1.Cl. The third-order valence-corrected chi connectivity index (χ3v) is 4.22. The smallest absolute Gasteiger partial charge is 0.122 e. The van der Waals surface area contributed by atoms with Gasteiger partial charge in [0.2, 0.25) is 0 Å². The average Bonchev–Trinajstić information content (AvgIpc) is 2.58. The number of benzene rings is 2. The van der Waals surface area contributed by atoms with Gasteiger partial charge in [-0.1, -0.05) is 55.8 Å². The summed E-state index contributed by atoms with van der Waals surface area (Å²) < 4.78 is 5.81. The number of rotatable bonds is 8. The van der Waals surface area contributed by atoms with Gasteiger partial charge >= 0.3 is 0 Å². The first-order valence-corrected chi connectivity index (χ1v) is 8.73. The first-order valence-electron chi connectivity index (χ1n) is 8.36. The van der Waals surface area contributed by atoms with Gasteiger partial charge in [-0.05, 0) is 42.2 Å². The van der Waals surface area contributed by atoms with E-state index in [1.807, 2.05) is 49.4 Å². The monoisotopic (exact) mass is 383 g/mol. The lowest BCUT2D eigenvalue weighted by Crippen LogP contribution is -2.33. The van der Waals surface area contributed by atoms with Gasteiger partial charge in [-0.3, -0.25) is 0 Å². The maximum absolute atomic E-state index is 10.2.